The lowest BCUT2D eigenvalue weighted by molar-refractivity contribution is 0.496. The Morgan fingerprint density at radius 3 is 1.00 bits per heavy atom. The van der Waals surface area contributed by atoms with Gasteiger partial charge in [-0.1, -0.05) is 48.5 Å². The van der Waals surface area contributed by atoms with Gasteiger partial charge < -0.3 is 0 Å². The molecule has 2 heterocycles. The summed E-state index contributed by atoms with van der Waals surface area (Å²) in [5.74, 6) is -9.84. The van der Waals surface area contributed by atoms with Crippen LogP contribution in [0.4, 0.5) is 43.9 Å². The van der Waals surface area contributed by atoms with Gasteiger partial charge in [0.1, 0.15) is 0 Å². The number of hydrogen-bond acceptors (Lipinski definition) is 2. The van der Waals surface area contributed by atoms with E-state index in [9.17, 15) is 43.9 Å². The highest BCUT2D eigenvalue weighted by atomic mass is 19.2. The number of pyridine rings is 2. The molecule has 0 aliphatic heterocycles. The summed E-state index contributed by atoms with van der Waals surface area (Å²) in [4.78, 5) is 7.19. The second-order valence-corrected chi connectivity index (χ2v) is 11.8. The normalized spacial score (nSPS) is 10.7. The fourth-order valence-corrected chi connectivity index (χ4v) is 4.79. The molecule has 0 amide bonds. The number of aryl methyl sites for hydroxylation is 6. The molecule has 2 aromatic heterocycles. The van der Waals surface area contributed by atoms with Gasteiger partial charge >= 0.3 is 0 Å². The zero-order chi connectivity index (χ0) is 38.6. The molecule has 270 valence electrons. The van der Waals surface area contributed by atoms with Crippen LogP contribution < -0.4 is 0 Å². The molecule has 0 aliphatic carbocycles. The summed E-state index contributed by atoms with van der Waals surface area (Å²) >= 11 is 0. The van der Waals surface area contributed by atoms with Crippen molar-refractivity contribution in [3.8, 4) is 33.5 Å². The van der Waals surface area contributed by atoms with E-state index < -0.39 is 58.4 Å². The number of aromatic nitrogens is 2. The van der Waals surface area contributed by atoms with Crippen molar-refractivity contribution in [3.05, 3.63) is 165 Å². The first-order valence-corrected chi connectivity index (χ1v) is 15.5. The lowest BCUT2D eigenvalue weighted by Crippen LogP contribution is -1.98. The molecule has 12 heteroatoms. The summed E-state index contributed by atoms with van der Waals surface area (Å²) in [6, 6.07) is 16.6. The minimum absolute atomic E-state index is 0.0352. The van der Waals surface area contributed by atoms with Gasteiger partial charge in [0, 0.05) is 39.1 Å². The Labute approximate surface area is 293 Å². The SMILES string of the molecule is Cc1ccc(-c2ccc(C)c(F)c2F)c(F)c1F.Cc1ccc(-c2ccc(C)c(F)c2F)c(F)n1.Cc1ccc(-c2ccc(C)c(F)c2F)nc1F. The Balaban J connectivity index is 0.000000175. The maximum Gasteiger partial charge on any atom is 0.221 e. The third-order valence-electron chi connectivity index (χ3n) is 7.98. The van der Waals surface area contributed by atoms with E-state index in [-0.39, 0.29) is 55.8 Å². The van der Waals surface area contributed by atoms with Gasteiger partial charge in [0.15, 0.2) is 46.5 Å². The minimum atomic E-state index is -1.17. The van der Waals surface area contributed by atoms with Gasteiger partial charge in [-0.3, -0.25) is 0 Å². The Morgan fingerprint density at radius 2 is 0.615 bits per heavy atom. The average Bonchev–Trinajstić information content (AvgIpc) is 3.11. The van der Waals surface area contributed by atoms with Gasteiger partial charge in [-0.25, -0.2) is 45.1 Å². The van der Waals surface area contributed by atoms with Crippen molar-refractivity contribution in [1.29, 1.82) is 0 Å². The van der Waals surface area contributed by atoms with Gasteiger partial charge in [0.05, 0.1) is 5.69 Å². The van der Waals surface area contributed by atoms with E-state index in [1.807, 2.05) is 0 Å². The molecule has 4 aromatic carbocycles. The van der Waals surface area contributed by atoms with E-state index in [1.165, 1.54) is 94.4 Å². The van der Waals surface area contributed by atoms with Crippen LogP contribution in [0.1, 0.15) is 33.5 Å². The molecule has 0 saturated heterocycles. The summed E-state index contributed by atoms with van der Waals surface area (Å²) in [6.45, 7) is 8.89. The highest BCUT2D eigenvalue weighted by Crippen LogP contribution is 2.31. The number of benzene rings is 4. The predicted octanol–water partition coefficient (Wildman–Crippen LogP) is 12.1. The number of halogens is 10. The smallest absolute Gasteiger partial charge is 0.221 e. The van der Waals surface area contributed by atoms with Crippen LogP contribution in [0, 0.1) is 100.0 Å². The Kier molecular flexibility index (Phi) is 12.2. The first-order chi connectivity index (χ1) is 24.4. The van der Waals surface area contributed by atoms with Gasteiger partial charge in [0.2, 0.25) is 11.9 Å². The van der Waals surface area contributed by atoms with Crippen molar-refractivity contribution >= 4 is 0 Å². The average molecular weight is 729 g/mol. The van der Waals surface area contributed by atoms with Crippen molar-refractivity contribution < 1.29 is 43.9 Å². The van der Waals surface area contributed by atoms with Crippen LogP contribution in [-0.4, -0.2) is 9.97 Å². The molecule has 6 aromatic rings. The lowest BCUT2D eigenvalue weighted by atomic mass is 10.0. The van der Waals surface area contributed by atoms with Gasteiger partial charge in [0.25, 0.3) is 0 Å². The lowest BCUT2D eigenvalue weighted by Gasteiger charge is -2.09. The highest BCUT2D eigenvalue weighted by molar-refractivity contribution is 5.66. The highest BCUT2D eigenvalue weighted by Gasteiger charge is 2.19. The molecular formula is C40H30F10N2. The zero-order valence-electron chi connectivity index (χ0n) is 28.6. The van der Waals surface area contributed by atoms with Crippen LogP contribution in [0.5, 0.6) is 0 Å². The molecule has 52 heavy (non-hydrogen) atoms. The molecular weight excluding hydrogens is 698 g/mol. The Hall–Kier alpha value is -5.52. The second-order valence-electron chi connectivity index (χ2n) is 11.8. The van der Waals surface area contributed by atoms with Crippen LogP contribution in [0.25, 0.3) is 33.5 Å². The van der Waals surface area contributed by atoms with Crippen LogP contribution in [-0.2, 0) is 0 Å². The minimum Gasteiger partial charge on any atom is -0.225 e. The number of hydrogen-bond donors (Lipinski definition) is 0. The van der Waals surface area contributed by atoms with Crippen molar-refractivity contribution in [1.82, 2.24) is 9.97 Å². The molecule has 0 atom stereocenters. The van der Waals surface area contributed by atoms with Crippen LogP contribution in [0.3, 0.4) is 0 Å². The largest absolute Gasteiger partial charge is 0.225 e. The predicted molar refractivity (Wildman–Crippen MR) is 179 cm³/mol. The first-order valence-electron chi connectivity index (χ1n) is 15.5. The molecule has 0 unspecified atom stereocenters. The third-order valence-corrected chi connectivity index (χ3v) is 7.98. The standard InChI is InChI=1S/C14H10F4.2C13H10F3N/c1-7-3-5-9(13(17)11(7)15)10-6-4-8(2)12(16)14(10)18;1-7-3-5-9(12(15)11(7)14)10-6-4-8(2)17-13(10)16;1-7-3-5-9(12(15)11(7)14)10-6-4-8(2)13(16)17-10/h3-6H,1-2H3;2*3-6H,1-2H3. The third kappa shape index (κ3) is 8.33. The second kappa shape index (κ2) is 16.2. The fraction of sp³-hybridized carbons (Fsp3) is 0.150. The van der Waals surface area contributed by atoms with Crippen molar-refractivity contribution in [2.75, 3.05) is 0 Å². The maximum absolute atomic E-state index is 13.7. The molecule has 2 nitrogen and oxygen atoms in total. The van der Waals surface area contributed by atoms with E-state index in [1.54, 1.807) is 19.9 Å². The van der Waals surface area contributed by atoms with Crippen molar-refractivity contribution in [2.45, 2.75) is 41.5 Å². The molecule has 0 bridgehead atoms. The zero-order valence-corrected chi connectivity index (χ0v) is 28.6. The summed E-state index contributed by atoms with van der Waals surface area (Å²) < 4.78 is 135. The van der Waals surface area contributed by atoms with Gasteiger partial charge in [-0.15, -0.1) is 0 Å². The first kappa shape index (κ1) is 39.3. The summed E-state index contributed by atoms with van der Waals surface area (Å²) in [6.07, 6.45) is 0. The molecule has 0 radical (unpaired) electrons. The molecule has 0 aliphatic rings. The van der Waals surface area contributed by atoms with Crippen molar-refractivity contribution in [3.63, 3.8) is 0 Å². The summed E-state index contributed by atoms with van der Waals surface area (Å²) in [5.41, 5.74) is 0.811. The van der Waals surface area contributed by atoms with Crippen LogP contribution >= 0.6 is 0 Å². The van der Waals surface area contributed by atoms with Crippen LogP contribution in [0.15, 0.2) is 72.8 Å². The Morgan fingerprint density at radius 1 is 0.288 bits per heavy atom. The van der Waals surface area contributed by atoms with E-state index in [2.05, 4.69) is 9.97 Å². The van der Waals surface area contributed by atoms with E-state index in [0.29, 0.717) is 11.3 Å². The molecule has 6 rings (SSSR count). The Bertz CT molecular complexity index is 2230. The molecule has 0 fully saturated rings. The molecule has 0 spiro atoms. The topological polar surface area (TPSA) is 25.8 Å². The monoisotopic (exact) mass is 728 g/mol. The maximum atomic E-state index is 13.7. The number of nitrogens with zero attached hydrogens (tertiary/aromatic N) is 2. The quantitative estimate of drug-likeness (QED) is 0.134. The van der Waals surface area contributed by atoms with E-state index >= 15 is 0 Å². The summed E-state index contributed by atoms with van der Waals surface area (Å²) in [7, 11) is 0. The van der Waals surface area contributed by atoms with Gasteiger partial charge in [-0.05, 0) is 88.1 Å². The van der Waals surface area contributed by atoms with Crippen molar-refractivity contribution in [2.24, 2.45) is 0 Å². The summed E-state index contributed by atoms with van der Waals surface area (Å²) in [5, 5.41) is 0. The van der Waals surface area contributed by atoms with E-state index in [4.69, 9.17) is 0 Å². The molecule has 0 N–H and O–H groups in total. The van der Waals surface area contributed by atoms with Gasteiger partial charge in [-0.2, -0.15) is 8.78 Å². The number of rotatable bonds is 3. The molecule has 0 saturated carbocycles. The van der Waals surface area contributed by atoms with E-state index in [0.717, 1.165) is 0 Å². The van der Waals surface area contributed by atoms with Crippen LogP contribution in [0.2, 0.25) is 0 Å². The fourth-order valence-electron chi connectivity index (χ4n) is 4.79.